The molecule has 1 aliphatic carbocycles. The lowest BCUT2D eigenvalue weighted by Gasteiger charge is -2.26. The summed E-state index contributed by atoms with van der Waals surface area (Å²) in [7, 11) is 0. The molecule has 16 heavy (non-hydrogen) atoms. The Balaban J connectivity index is 1.81. The molecule has 2 heterocycles. The van der Waals surface area contributed by atoms with E-state index >= 15 is 0 Å². The molecule has 0 aromatic carbocycles. The number of aryl methyl sites for hydroxylation is 1. The van der Waals surface area contributed by atoms with Gasteiger partial charge in [-0.15, -0.1) is 0 Å². The Hall–Kier alpha value is -1.10. The molecule has 1 saturated carbocycles. The number of anilines is 1. The third-order valence-corrected chi connectivity index (χ3v) is 3.88. The largest absolute Gasteiger partial charge is 0.387 e. The van der Waals surface area contributed by atoms with Crippen molar-refractivity contribution >= 4 is 5.95 Å². The summed E-state index contributed by atoms with van der Waals surface area (Å²) in [6, 6.07) is 0. The van der Waals surface area contributed by atoms with Crippen LogP contribution in [0.5, 0.6) is 0 Å². The Bertz CT molecular complexity index is 402. The van der Waals surface area contributed by atoms with E-state index in [9.17, 15) is 5.11 Å². The maximum absolute atomic E-state index is 10.6. The first-order valence-corrected chi connectivity index (χ1v) is 5.87. The van der Waals surface area contributed by atoms with Crippen LogP contribution in [0.3, 0.4) is 0 Å². The predicted octanol–water partition coefficient (Wildman–Crippen LogP) is 0.975. The van der Waals surface area contributed by atoms with E-state index in [4.69, 9.17) is 4.52 Å². The van der Waals surface area contributed by atoms with Crippen LogP contribution >= 0.6 is 0 Å². The van der Waals surface area contributed by atoms with Crippen molar-refractivity contribution in [3.8, 4) is 0 Å². The highest BCUT2D eigenvalue weighted by Gasteiger charge is 2.53. The molecule has 1 aliphatic heterocycles. The van der Waals surface area contributed by atoms with Crippen LogP contribution in [0.1, 0.15) is 25.7 Å². The number of hydrogen-bond donors (Lipinski definition) is 1. The molecule has 1 N–H and O–H groups in total. The van der Waals surface area contributed by atoms with Gasteiger partial charge in [0, 0.05) is 19.4 Å². The molecule has 1 saturated heterocycles. The van der Waals surface area contributed by atoms with Crippen molar-refractivity contribution in [1.29, 1.82) is 0 Å². The molecular weight excluding hydrogens is 206 g/mol. The Morgan fingerprint density at radius 2 is 2.25 bits per heavy atom. The third kappa shape index (κ3) is 1.42. The van der Waals surface area contributed by atoms with Crippen LogP contribution in [0.15, 0.2) is 4.52 Å². The number of hydrogen-bond acceptors (Lipinski definition) is 5. The van der Waals surface area contributed by atoms with Gasteiger partial charge in [0.25, 0.3) is 5.95 Å². The first-order valence-electron chi connectivity index (χ1n) is 5.87. The molecular formula is C11H17N3O2. The molecule has 0 unspecified atom stereocenters. The zero-order valence-corrected chi connectivity index (χ0v) is 9.68. The second kappa shape index (κ2) is 3.20. The van der Waals surface area contributed by atoms with Crippen molar-refractivity contribution in [3.05, 3.63) is 5.89 Å². The zero-order chi connectivity index (χ0) is 11.3. The van der Waals surface area contributed by atoms with Crippen molar-refractivity contribution in [2.45, 2.75) is 32.3 Å². The third-order valence-electron chi connectivity index (χ3n) is 3.88. The molecule has 1 aromatic heterocycles. The molecule has 0 spiro atoms. The number of aliphatic hydroxyl groups is 1. The van der Waals surface area contributed by atoms with Crippen LogP contribution in [0.4, 0.5) is 5.95 Å². The summed E-state index contributed by atoms with van der Waals surface area (Å²) in [5.41, 5.74) is -0.547. The number of rotatable bonds is 2. The van der Waals surface area contributed by atoms with E-state index in [-0.39, 0.29) is 5.92 Å². The highest BCUT2D eigenvalue weighted by molar-refractivity contribution is 5.33. The minimum atomic E-state index is -0.547. The molecule has 2 atom stereocenters. The molecule has 5 nitrogen and oxygen atoms in total. The Morgan fingerprint density at radius 1 is 1.50 bits per heavy atom. The molecule has 1 aromatic rings. The Morgan fingerprint density at radius 3 is 2.81 bits per heavy atom. The lowest BCUT2D eigenvalue weighted by Crippen LogP contribution is -2.39. The van der Waals surface area contributed by atoms with E-state index in [0.29, 0.717) is 24.3 Å². The average Bonchev–Trinajstić information content (AvgIpc) is 2.94. The molecule has 5 heteroatoms. The molecule has 0 bridgehead atoms. The highest BCUT2D eigenvalue weighted by atomic mass is 16.5. The minimum Gasteiger partial charge on any atom is -0.387 e. The van der Waals surface area contributed by atoms with Crippen molar-refractivity contribution in [1.82, 2.24) is 10.1 Å². The lowest BCUT2D eigenvalue weighted by molar-refractivity contribution is 0.00278. The van der Waals surface area contributed by atoms with Gasteiger partial charge in [0.2, 0.25) is 5.89 Å². The van der Waals surface area contributed by atoms with Crippen molar-refractivity contribution < 1.29 is 9.63 Å². The highest BCUT2D eigenvalue weighted by Crippen LogP contribution is 2.47. The van der Waals surface area contributed by atoms with Crippen LogP contribution in [-0.2, 0) is 0 Å². The van der Waals surface area contributed by atoms with Gasteiger partial charge in [0.05, 0.1) is 12.1 Å². The molecule has 2 aliphatic rings. The van der Waals surface area contributed by atoms with Gasteiger partial charge in [-0.1, -0.05) is 6.92 Å². The normalized spacial score (nSPS) is 34.7. The van der Waals surface area contributed by atoms with Crippen molar-refractivity contribution in [2.75, 3.05) is 18.0 Å². The smallest absolute Gasteiger partial charge is 0.266 e. The number of aromatic nitrogens is 2. The fourth-order valence-electron chi connectivity index (χ4n) is 2.70. The zero-order valence-electron chi connectivity index (χ0n) is 9.68. The van der Waals surface area contributed by atoms with Gasteiger partial charge in [-0.25, -0.2) is 0 Å². The van der Waals surface area contributed by atoms with Crippen LogP contribution in [0, 0.1) is 18.8 Å². The van der Waals surface area contributed by atoms with Crippen molar-refractivity contribution in [2.24, 2.45) is 11.8 Å². The maximum atomic E-state index is 10.6. The van der Waals surface area contributed by atoms with Crippen LogP contribution in [0.25, 0.3) is 0 Å². The summed E-state index contributed by atoms with van der Waals surface area (Å²) in [5, 5.41) is 14.5. The molecule has 0 radical (unpaired) electrons. The van der Waals surface area contributed by atoms with Gasteiger partial charge in [0.1, 0.15) is 0 Å². The van der Waals surface area contributed by atoms with Crippen LogP contribution in [0.2, 0.25) is 0 Å². The van der Waals surface area contributed by atoms with Gasteiger partial charge in [-0.2, -0.15) is 4.98 Å². The van der Waals surface area contributed by atoms with Gasteiger partial charge in [-0.05, 0) is 23.9 Å². The standard InChI is InChI=1S/C11H17N3O2/c1-7-5-14(10-12-8(2)16-13-10)6-11(7,15)9-3-4-9/h7,9,15H,3-6H2,1-2H3/t7-,11+/m1/s1. The Kier molecular flexibility index (Phi) is 2.01. The lowest BCUT2D eigenvalue weighted by atomic mass is 9.88. The average molecular weight is 223 g/mol. The maximum Gasteiger partial charge on any atom is 0.266 e. The van der Waals surface area contributed by atoms with Crippen LogP contribution in [-0.4, -0.2) is 33.9 Å². The quantitative estimate of drug-likeness (QED) is 0.809. The van der Waals surface area contributed by atoms with E-state index < -0.39 is 5.60 Å². The summed E-state index contributed by atoms with van der Waals surface area (Å²) < 4.78 is 4.97. The fourth-order valence-corrected chi connectivity index (χ4v) is 2.70. The summed E-state index contributed by atoms with van der Waals surface area (Å²) >= 11 is 0. The monoisotopic (exact) mass is 223 g/mol. The van der Waals surface area contributed by atoms with Gasteiger partial charge < -0.3 is 14.5 Å². The summed E-state index contributed by atoms with van der Waals surface area (Å²) in [5.74, 6) is 1.93. The second-order valence-corrected chi connectivity index (χ2v) is 5.16. The van der Waals surface area contributed by atoms with E-state index in [1.807, 2.05) is 4.90 Å². The minimum absolute atomic E-state index is 0.277. The molecule has 0 amide bonds. The van der Waals surface area contributed by atoms with Gasteiger partial charge >= 0.3 is 0 Å². The number of β-amino-alcohol motifs (C(OH)–C–C–N with tert-alkyl or cyclic N) is 1. The van der Waals surface area contributed by atoms with Crippen molar-refractivity contribution in [3.63, 3.8) is 0 Å². The first kappa shape index (κ1) is 10.1. The van der Waals surface area contributed by atoms with E-state index in [0.717, 1.165) is 19.4 Å². The first-order chi connectivity index (χ1) is 7.59. The SMILES string of the molecule is Cc1nc(N2C[C@@H](C)[C@](O)(C3CC3)C2)no1. The fraction of sp³-hybridized carbons (Fsp3) is 0.818. The topological polar surface area (TPSA) is 62.4 Å². The molecule has 3 rings (SSSR count). The summed E-state index contributed by atoms with van der Waals surface area (Å²) in [4.78, 5) is 6.24. The summed E-state index contributed by atoms with van der Waals surface area (Å²) in [6.45, 7) is 5.33. The van der Waals surface area contributed by atoms with E-state index in [2.05, 4.69) is 17.1 Å². The Labute approximate surface area is 94.4 Å². The second-order valence-electron chi connectivity index (χ2n) is 5.16. The van der Waals surface area contributed by atoms with E-state index in [1.165, 1.54) is 0 Å². The number of nitrogens with zero attached hydrogens (tertiary/aromatic N) is 3. The molecule has 88 valence electrons. The van der Waals surface area contributed by atoms with Crippen LogP contribution < -0.4 is 4.90 Å². The predicted molar refractivity (Wildman–Crippen MR) is 58.1 cm³/mol. The summed E-state index contributed by atoms with van der Waals surface area (Å²) in [6.07, 6.45) is 2.31. The van der Waals surface area contributed by atoms with Gasteiger partial charge in [0.15, 0.2) is 0 Å². The molecule has 2 fully saturated rings. The van der Waals surface area contributed by atoms with E-state index in [1.54, 1.807) is 6.92 Å². The van der Waals surface area contributed by atoms with Gasteiger partial charge in [-0.3, -0.25) is 0 Å².